The molecule has 0 atom stereocenters. The predicted octanol–water partition coefficient (Wildman–Crippen LogP) is 0.903. The van der Waals surface area contributed by atoms with Gasteiger partial charge in [0.15, 0.2) is 0 Å². The Morgan fingerprint density at radius 2 is 1.75 bits per heavy atom. The summed E-state index contributed by atoms with van der Waals surface area (Å²) in [6, 6.07) is 7.07. The molecule has 7 nitrogen and oxygen atoms in total. The number of sulfonamides is 1. The van der Waals surface area contributed by atoms with Crippen LogP contribution in [0.2, 0.25) is 0 Å². The molecule has 2 heterocycles. The third kappa shape index (κ3) is 5.31. The number of nitrogens with one attached hydrogen (secondary N) is 1. The van der Waals surface area contributed by atoms with E-state index in [9.17, 15) is 13.2 Å². The van der Waals surface area contributed by atoms with Crippen LogP contribution >= 0.6 is 0 Å². The molecule has 0 aromatic heterocycles. The summed E-state index contributed by atoms with van der Waals surface area (Å²) >= 11 is 0. The standard InChI is InChI=1S/C20H32N4O3S/c1-18-6-2-3-7-19(18)28(26,27)24(17-16-22-11-4-5-12-22)13-8-20(25)23-14-9-21-10-15-23/h2-3,6-7,21H,4-5,8-17H2,1H3. The summed E-state index contributed by atoms with van der Waals surface area (Å²) in [7, 11) is -3.63. The van der Waals surface area contributed by atoms with E-state index in [1.54, 1.807) is 12.1 Å². The number of hydrogen-bond donors (Lipinski definition) is 1. The predicted molar refractivity (Wildman–Crippen MR) is 110 cm³/mol. The van der Waals surface area contributed by atoms with Crippen molar-refractivity contribution in [2.24, 2.45) is 0 Å². The largest absolute Gasteiger partial charge is 0.340 e. The number of nitrogens with zero attached hydrogens (tertiary/aromatic N) is 3. The van der Waals surface area contributed by atoms with Crippen molar-refractivity contribution in [2.75, 3.05) is 58.9 Å². The van der Waals surface area contributed by atoms with Crippen molar-refractivity contribution in [2.45, 2.75) is 31.1 Å². The maximum atomic E-state index is 13.3. The first kappa shape index (κ1) is 21.2. The summed E-state index contributed by atoms with van der Waals surface area (Å²) in [5.41, 5.74) is 0.738. The maximum Gasteiger partial charge on any atom is 0.243 e. The number of amides is 1. The number of carbonyl (C=O) groups is 1. The molecule has 1 N–H and O–H groups in total. The first-order valence-corrected chi connectivity index (χ1v) is 11.7. The second-order valence-electron chi connectivity index (χ2n) is 7.60. The van der Waals surface area contributed by atoms with Crippen LogP contribution in [-0.4, -0.2) is 87.3 Å². The van der Waals surface area contributed by atoms with Gasteiger partial charge < -0.3 is 15.1 Å². The van der Waals surface area contributed by atoms with Crippen molar-refractivity contribution >= 4 is 15.9 Å². The first-order valence-electron chi connectivity index (χ1n) is 10.2. The molecule has 2 fully saturated rings. The van der Waals surface area contributed by atoms with Gasteiger partial charge in [0.1, 0.15) is 0 Å². The van der Waals surface area contributed by atoms with E-state index in [-0.39, 0.29) is 18.9 Å². The highest BCUT2D eigenvalue weighted by molar-refractivity contribution is 7.89. The molecule has 1 amide bonds. The van der Waals surface area contributed by atoms with Crippen LogP contribution in [0.1, 0.15) is 24.8 Å². The molecular formula is C20H32N4O3S. The number of carbonyl (C=O) groups excluding carboxylic acids is 1. The van der Waals surface area contributed by atoms with E-state index in [0.29, 0.717) is 31.1 Å². The smallest absolute Gasteiger partial charge is 0.243 e. The van der Waals surface area contributed by atoms with Gasteiger partial charge in [-0.2, -0.15) is 4.31 Å². The fourth-order valence-corrected chi connectivity index (χ4v) is 5.55. The Kier molecular flexibility index (Phi) is 7.45. The summed E-state index contributed by atoms with van der Waals surface area (Å²) in [5, 5.41) is 3.23. The number of benzene rings is 1. The lowest BCUT2D eigenvalue weighted by Gasteiger charge is -2.29. The summed E-state index contributed by atoms with van der Waals surface area (Å²) in [4.78, 5) is 17.0. The summed E-state index contributed by atoms with van der Waals surface area (Å²) in [5.74, 6) is 0.0349. The molecule has 0 unspecified atom stereocenters. The van der Waals surface area contributed by atoms with Crippen LogP contribution in [0.25, 0.3) is 0 Å². The summed E-state index contributed by atoms with van der Waals surface area (Å²) < 4.78 is 28.1. The molecule has 0 radical (unpaired) electrons. The molecule has 0 bridgehead atoms. The Labute approximate surface area is 168 Å². The molecule has 3 rings (SSSR count). The van der Waals surface area contributed by atoms with Gasteiger partial charge in [0.05, 0.1) is 4.90 Å². The molecule has 0 saturated carbocycles. The van der Waals surface area contributed by atoms with Crippen LogP contribution < -0.4 is 5.32 Å². The first-order chi connectivity index (χ1) is 13.5. The van der Waals surface area contributed by atoms with E-state index in [0.717, 1.165) is 31.7 Å². The highest BCUT2D eigenvalue weighted by Gasteiger charge is 2.28. The van der Waals surface area contributed by atoms with E-state index >= 15 is 0 Å². The SMILES string of the molecule is Cc1ccccc1S(=O)(=O)N(CCC(=O)N1CCNCC1)CCN1CCCC1. The molecular weight excluding hydrogens is 376 g/mol. The fraction of sp³-hybridized carbons (Fsp3) is 0.650. The number of aryl methyl sites for hydroxylation is 1. The van der Waals surface area contributed by atoms with Crippen molar-refractivity contribution in [3.05, 3.63) is 29.8 Å². The van der Waals surface area contributed by atoms with Gasteiger partial charge in [0.25, 0.3) is 0 Å². The second-order valence-corrected chi connectivity index (χ2v) is 9.51. The van der Waals surface area contributed by atoms with Gasteiger partial charge in [0, 0.05) is 52.2 Å². The van der Waals surface area contributed by atoms with E-state index in [4.69, 9.17) is 0 Å². The quantitative estimate of drug-likeness (QED) is 0.692. The zero-order chi connectivity index (χ0) is 20.0. The monoisotopic (exact) mass is 408 g/mol. The van der Waals surface area contributed by atoms with Crippen molar-refractivity contribution in [3.8, 4) is 0 Å². The molecule has 2 aliphatic heterocycles. The molecule has 28 heavy (non-hydrogen) atoms. The molecule has 2 aliphatic rings. The third-order valence-electron chi connectivity index (χ3n) is 5.62. The van der Waals surface area contributed by atoms with Gasteiger partial charge in [-0.25, -0.2) is 8.42 Å². The Morgan fingerprint density at radius 1 is 1.07 bits per heavy atom. The lowest BCUT2D eigenvalue weighted by molar-refractivity contribution is -0.131. The summed E-state index contributed by atoms with van der Waals surface area (Å²) in [6.07, 6.45) is 2.57. The van der Waals surface area contributed by atoms with E-state index in [2.05, 4.69) is 10.2 Å². The topological polar surface area (TPSA) is 73.0 Å². The van der Waals surface area contributed by atoms with E-state index in [1.165, 1.54) is 17.1 Å². The lowest BCUT2D eigenvalue weighted by atomic mass is 10.2. The van der Waals surface area contributed by atoms with Crippen LogP contribution in [0.4, 0.5) is 0 Å². The number of likely N-dealkylation sites (tertiary alicyclic amines) is 1. The van der Waals surface area contributed by atoms with Crippen LogP contribution in [-0.2, 0) is 14.8 Å². The minimum atomic E-state index is -3.63. The van der Waals surface area contributed by atoms with Crippen molar-refractivity contribution < 1.29 is 13.2 Å². The zero-order valence-electron chi connectivity index (χ0n) is 16.8. The highest BCUT2D eigenvalue weighted by atomic mass is 32.2. The van der Waals surface area contributed by atoms with Crippen LogP contribution in [0.3, 0.4) is 0 Å². The van der Waals surface area contributed by atoms with Crippen LogP contribution in [0.15, 0.2) is 29.2 Å². The van der Waals surface area contributed by atoms with Gasteiger partial charge in [-0.05, 0) is 44.5 Å². The van der Waals surface area contributed by atoms with Gasteiger partial charge >= 0.3 is 0 Å². The Balaban J connectivity index is 1.70. The molecule has 0 aliphatic carbocycles. The number of hydrogen-bond acceptors (Lipinski definition) is 5. The molecule has 1 aromatic carbocycles. The average Bonchev–Trinajstić information content (AvgIpc) is 3.22. The minimum absolute atomic E-state index is 0.0349. The third-order valence-corrected chi connectivity index (χ3v) is 7.68. The fourth-order valence-electron chi connectivity index (χ4n) is 3.89. The normalized spacial score (nSPS) is 18.7. The van der Waals surface area contributed by atoms with Gasteiger partial charge in [-0.1, -0.05) is 18.2 Å². The van der Waals surface area contributed by atoms with Gasteiger partial charge in [0.2, 0.25) is 15.9 Å². The average molecular weight is 409 g/mol. The second kappa shape index (κ2) is 9.82. The van der Waals surface area contributed by atoms with Crippen molar-refractivity contribution in [1.82, 2.24) is 19.4 Å². The van der Waals surface area contributed by atoms with E-state index < -0.39 is 10.0 Å². The lowest BCUT2D eigenvalue weighted by Crippen LogP contribution is -2.47. The van der Waals surface area contributed by atoms with Crippen molar-refractivity contribution in [3.63, 3.8) is 0 Å². The maximum absolute atomic E-state index is 13.3. The van der Waals surface area contributed by atoms with Gasteiger partial charge in [-0.15, -0.1) is 0 Å². The summed E-state index contributed by atoms with van der Waals surface area (Å²) in [6.45, 7) is 8.21. The molecule has 0 spiro atoms. The van der Waals surface area contributed by atoms with Crippen LogP contribution in [0, 0.1) is 6.92 Å². The number of piperazine rings is 1. The Bertz CT molecular complexity index is 756. The molecule has 1 aromatic rings. The molecule has 8 heteroatoms. The van der Waals surface area contributed by atoms with Crippen molar-refractivity contribution in [1.29, 1.82) is 0 Å². The molecule has 2 saturated heterocycles. The Morgan fingerprint density at radius 3 is 2.43 bits per heavy atom. The molecule has 156 valence electrons. The zero-order valence-corrected chi connectivity index (χ0v) is 17.6. The van der Waals surface area contributed by atoms with Crippen LogP contribution in [0.5, 0.6) is 0 Å². The van der Waals surface area contributed by atoms with E-state index in [1.807, 2.05) is 24.0 Å². The minimum Gasteiger partial charge on any atom is -0.340 e. The number of rotatable bonds is 8. The highest BCUT2D eigenvalue weighted by Crippen LogP contribution is 2.20. The Hall–Kier alpha value is -1.48. The van der Waals surface area contributed by atoms with Gasteiger partial charge in [-0.3, -0.25) is 4.79 Å².